The molecule has 2 aromatic heterocycles. The van der Waals surface area contributed by atoms with E-state index in [0.29, 0.717) is 23.9 Å². The number of benzene rings is 2. The summed E-state index contributed by atoms with van der Waals surface area (Å²) in [5.41, 5.74) is 6.89. The zero-order chi connectivity index (χ0) is 22.5. The lowest BCUT2D eigenvalue weighted by Crippen LogP contribution is -2.51. The van der Waals surface area contributed by atoms with Gasteiger partial charge in [-0.1, -0.05) is 29.8 Å². The van der Waals surface area contributed by atoms with Gasteiger partial charge in [-0.25, -0.2) is 13.4 Å². The molecule has 2 aromatic carbocycles. The van der Waals surface area contributed by atoms with Crippen molar-refractivity contribution >= 4 is 65.5 Å². The summed E-state index contributed by atoms with van der Waals surface area (Å²) in [4.78, 5) is 18.6. The Balaban J connectivity index is 1.33. The lowest BCUT2D eigenvalue weighted by atomic mass is 10.1. The Morgan fingerprint density at radius 1 is 1.06 bits per heavy atom. The monoisotopic (exact) mass is 486 g/mol. The molecule has 2 N–H and O–H groups in total. The zero-order valence-electron chi connectivity index (χ0n) is 16.9. The molecule has 0 radical (unpaired) electrons. The lowest BCUT2D eigenvalue weighted by molar-refractivity contribution is -0.134. The van der Waals surface area contributed by atoms with Crippen LogP contribution >= 0.6 is 22.9 Å². The van der Waals surface area contributed by atoms with Crippen molar-refractivity contribution in [2.24, 2.45) is 0 Å². The summed E-state index contributed by atoms with van der Waals surface area (Å²) in [7, 11) is -3.76. The summed E-state index contributed by atoms with van der Waals surface area (Å²) in [5.74, 6) is 0.208. The molecule has 1 saturated heterocycles. The van der Waals surface area contributed by atoms with Gasteiger partial charge in [-0.15, -0.1) is 11.3 Å². The average Bonchev–Trinajstić information content (AvgIpc) is 3.20. The van der Waals surface area contributed by atoms with E-state index in [1.165, 1.54) is 4.31 Å². The molecule has 0 spiro atoms. The molecule has 1 amide bonds. The van der Waals surface area contributed by atoms with Crippen LogP contribution in [0.25, 0.3) is 20.9 Å². The molecule has 1 aliphatic heterocycles. The normalized spacial score (nSPS) is 15.7. The molecule has 3 heterocycles. The van der Waals surface area contributed by atoms with E-state index in [2.05, 4.69) is 4.98 Å². The van der Waals surface area contributed by atoms with Gasteiger partial charge in [0, 0.05) is 40.9 Å². The molecule has 1 fully saturated rings. The molecule has 5 rings (SSSR count). The van der Waals surface area contributed by atoms with Crippen LogP contribution in [0.5, 0.6) is 0 Å². The molecule has 0 bridgehead atoms. The van der Waals surface area contributed by atoms with Crippen LogP contribution in [0, 0.1) is 0 Å². The largest absolute Gasteiger partial charge is 0.383 e. The van der Waals surface area contributed by atoms with Crippen LogP contribution in [-0.4, -0.2) is 48.1 Å². The maximum Gasteiger partial charge on any atom is 0.253 e. The van der Waals surface area contributed by atoms with Crippen molar-refractivity contribution in [3.8, 4) is 0 Å². The summed E-state index contributed by atoms with van der Waals surface area (Å²) < 4.78 is 28.6. The van der Waals surface area contributed by atoms with Gasteiger partial charge in [-0.2, -0.15) is 4.31 Å². The van der Waals surface area contributed by atoms with E-state index in [4.69, 9.17) is 17.3 Å². The van der Waals surface area contributed by atoms with Gasteiger partial charge in [0.05, 0.1) is 6.54 Å². The van der Waals surface area contributed by atoms with Crippen LogP contribution in [0.1, 0.15) is 5.56 Å². The highest BCUT2D eigenvalue weighted by Gasteiger charge is 2.34. The number of halogens is 1. The van der Waals surface area contributed by atoms with E-state index in [-0.39, 0.29) is 23.2 Å². The molecular weight excluding hydrogens is 468 g/mol. The summed E-state index contributed by atoms with van der Waals surface area (Å²) in [6.07, 6.45) is 1.66. The van der Waals surface area contributed by atoms with E-state index in [1.54, 1.807) is 35.4 Å². The van der Waals surface area contributed by atoms with Gasteiger partial charge < -0.3 is 10.6 Å². The molecule has 32 heavy (non-hydrogen) atoms. The number of thiophene rings is 1. The fourth-order valence-electron chi connectivity index (χ4n) is 3.85. The highest BCUT2D eigenvalue weighted by molar-refractivity contribution is 7.91. The lowest BCUT2D eigenvalue weighted by Gasteiger charge is -2.33. The van der Waals surface area contributed by atoms with Crippen LogP contribution in [-0.2, 0) is 21.4 Å². The van der Waals surface area contributed by atoms with Gasteiger partial charge >= 0.3 is 0 Å². The maximum atomic E-state index is 13.1. The first-order chi connectivity index (χ1) is 15.3. The average molecular weight is 487 g/mol. The number of rotatable bonds is 4. The Hall–Kier alpha value is -2.72. The zero-order valence-corrected chi connectivity index (χ0v) is 19.3. The quantitative estimate of drug-likeness (QED) is 0.474. The van der Waals surface area contributed by atoms with Crippen molar-refractivity contribution in [2.75, 3.05) is 25.4 Å². The van der Waals surface area contributed by atoms with E-state index in [9.17, 15) is 13.2 Å². The molecular formula is C22H19ClN4O3S2. The predicted molar refractivity (Wildman–Crippen MR) is 127 cm³/mol. The molecule has 0 saturated carbocycles. The Morgan fingerprint density at radius 3 is 2.69 bits per heavy atom. The fraction of sp³-hybridized carbons (Fsp3) is 0.182. The number of sulfonamides is 1. The summed E-state index contributed by atoms with van der Waals surface area (Å²) in [6, 6.07) is 14.6. The Kier molecular flexibility index (Phi) is 5.29. The number of carbonyl (C=O) groups excluding carboxylic acids is 1. The van der Waals surface area contributed by atoms with Crippen molar-refractivity contribution < 1.29 is 13.2 Å². The summed E-state index contributed by atoms with van der Waals surface area (Å²) in [5, 5.41) is 3.18. The number of piperazine rings is 1. The van der Waals surface area contributed by atoms with Crippen LogP contribution in [0.2, 0.25) is 5.02 Å². The number of nitrogens with zero attached hydrogens (tertiary/aromatic N) is 3. The molecule has 0 unspecified atom stereocenters. The second kappa shape index (κ2) is 8.00. The van der Waals surface area contributed by atoms with Gasteiger partial charge in [0.2, 0.25) is 5.91 Å². The van der Waals surface area contributed by atoms with Crippen molar-refractivity contribution in [2.45, 2.75) is 10.8 Å². The summed E-state index contributed by atoms with van der Waals surface area (Å²) in [6.45, 7) is 0.753. The van der Waals surface area contributed by atoms with Crippen LogP contribution in [0.15, 0.2) is 58.9 Å². The minimum Gasteiger partial charge on any atom is -0.383 e. The van der Waals surface area contributed by atoms with Gasteiger partial charge in [-0.3, -0.25) is 4.79 Å². The predicted octanol–water partition coefficient (Wildman–Crippen LogP) is 3.72. The minimum absolute atomic E-state index is 0.186. The van der Waals surface area contributed by atoms with Gasteiger partial charge in [-0.05, 0) is 46.7 Å². The highest BCUT2D eigenvalue weighted by Crippen LogP contribution is 2.33. The first-order valence-corrected chi connectivity index (χ1v) is 12.5. The minimum atomic E-state index is -3.76. The topological polar surface area (TPSA) is 96.6 Å². The van der Waals surface area contributed by atoms with Crippen molar-refractivity contribution in [3.05, 3.63) is 65.3 Å². The maximum absolute atomic E-state index is 13.1. The third kappa shape index (κ3) is 3.81. The third-order valence-corrected chi connectivity index (χ3v) is 9.20. The van der Waals surface area contributed by atoms with Crippen LogP contribution in [0.3, 0.4) is 0 Å². The molecule has 10 heteroatoms. The number of hydrogen-bond acceptors (Lipinski definition) is 6. The van der Waals surface area contributed by atoms with E-state index < -0.39 is 10.0 Å². The third-order valence-electron chi connectivity index (χ3n) is 5.57. The summed E-state index contributed by atoms with van der Waals surface area (Å²) >= 11 is 7.18. The highest BCUT2D eigenvalue weighted by atomic mass is 35.5. The molecule has 4 aromatic rings. The van der Waals surface area contributed by atoms with Crippen LogP contribution < -0.4 is 5.73 Å². The van der Waals surface area contributed by atoms with E-state index in [0.717, 1.165) is 37.8 Å². The Bertz CT molecular complexity index is 1470. The fourth-order valence-corrected chi connectivity index (χ4v) is 7.06. The number of pyridine rings is 1. The standard InChI is InChI=1S/C22H19ClN4O3S2/c23-17-4-3-16-10-21(31-19(16)11-17)32(29,30)27-8-7-26(20(28)13-27)12-14-1-2-15-5-6-25-22(24)18(15)9-14/h1-6,9-11H,7-8,12-13H2,(H2,24,25). The number of anilines is 1. The first-order valence-electron chi connectivity index (χ1n) is 9.91. The van der Waals surface area contributed by atoms with Gasteiger partial charge in [0.25, 0.3) is 10.0 Å². The van der Waals surface area contributed by atoms with Crippen LogP contribution in [0.4, 0.5) is 5.82 Å². The number of nitrogen functional groups attached to an aromatic ring is 1. The SMILES string of the molecule is Nc1nccc2ccc(CN3CCN(S(=O)(=O)c4cc5ccc(Cl)cc5s4)CC3=O)cc12. The van der Waals surface area contributed by atoms with Gasteiger partial charge in [0.15, 0.2) is 0 Å². The Morgan fingerprint density at radius 2 is 1.88 bits per heavy atom. The first kappa shape index (κ1) is 21.1. The Labute approximate surface area is 194 Å². The van der Waals surface area contributed by atoms with E-state index in [1.807, 2.05) is 24.3 Å². The smallest absolute Gasteiger partial charge is 0.253 e. The number of hydrogen-bond donors (Lipinski definition) is 1. The van der Waals surface area contributed by atoms with Crippen molar-refractivity contribution in [1.82, 2.24) is 14.2 Å². The number of carbonyl (C=O) groups is 1. The number of fused-ring (bicyclic) bond motifs is 2. The number of aromatic nitrogens is 1. The van der Waals surface area contributed by atoms with Gasteiger partial charge in [0.1, 0.15) is 10.0 Å². The molecule has 1 aliphatic rings. The second-order valence-electron chi connectivity index (χ2n) is 7.65. The molecule has 164 valence electrons. The number of nitrogens with two attached hydrogens (primary N) is 1. The van der Waals surface area contributed by atoms with Crippen molar-refractivity contribution in [1.29, 1.82) is 0 Å². The second-order valence-corrected chi connectivity index (χ2v) is 11.3. The molecule has 0 atom stereocenters. The molecule has 0 aliphatic carbocycles. The van der Waals surface area contributed by atoms with Crippen molar-refractivity contribution in [3.63, 3.8) is 0 Å². The molecule has 7 nitrogen and oxygen atoms in total. The number of amides is 1. The van der Waals surface area contributed by atoms with E-state index >= 15 is 0 Å².